The van der Waals surface area contributed by atoms with E-state index in [2.05, 4.69) is 110 Å². The SMILES string of the molecule is CCC(C)(C)C(=O)OC(C)C(F)(F)S(=O)(=O)[O-].CCC(C)(C)C(=O)OC1(CC)CC2CC1C1C3CCC(C3)C21.CCC(C)(C)C(=O)Oc1cc(C)c(O)c(C)c1.CCC(C)(C)C(=O)Oc1cc(C)oc(=O)c1.c1ccc([S+](c2ccccc2)c2ccccc2)cc1. The van der Waals surface area contributed by atoms with E-state index in [1.807, 2.05) is 41.5 Å². The van der Waals surface area contributed by atoms with E-state index in [0.717, 1.165) is 61.3 Å². The monoisotopic (exact) mass is 1300 g/mol. The molecule has 1 aromatic heterocycles. The molecule has 4 aromatic carbocycles. The first kappa shape index (κ1) is 75.4. The van der Waals surface area contributed by atoms with Crippen LogP contribution in [0.4, 0.5) is 8.78 Å². The number of carbonyl (C=O) groups is 4. The smallest absolute Gasteiger partial charge is 0.369 e. The van der Waals surface area contributed by atoms with Crippen molar-refractivity contribution in [2.24, 2.45) is 57.2 Å². The lowest BCUT2D eigenvalue weighted by Gasteiger charge is -2.46. The molecular formula is C73H98F2O14S2. The Morgan fingerprint density at radius 2 is 1.01 bits per heavy atom. The van der Waals surface area contributed by atoms with E-state index in [4.69, 9.17) is 18.6 Å². The molecule has 1 heterocycles. The van der Waals surface area contributed by atoms with Gasteiger partial charge < -0.3 is 33.0 Å². The summed E-state index contributed by atoms with van der Waals surface area (Å²) in [6.07, 6.45) is 8.19. The maximum atomic E-state index is 13.0. The average molecular weight is 1300 g/mol. The van der Waals surface area contributed by atoms with Crippen molar-refractivity contribution in [1.29, 1.82) is 0 Å². The number of aromatic hydroxyl groups is 1. The molecule has 9 rings (SSSR count). The normalized spacial score (nSPS) is 21.0. The predicted molar refractivity (Wildman–Crippen MR) is 350 cm³/mol. The zero-order valence-corrected chi connectivity index (χ0v) is 58.0. The molecule has 8 unspecified atom stereocenters. The number of rotatable bonds is 18. The molecule has 14 nitrogen and oxygen atoms in total. The van der Waals surface area contributed by atoms with Gasteiger partial charge in [-0.15, -0.1) is 0 Å². The van der Waals surface area contributed by atoms with Crippen LogP contribution in [0.1, 0.15) is 178 Å². The third kappa shape index (κ3) is 18.7. The van der Waals surface area contributed by atoms with Crippen molar-refractivity contribution in [2.75, 3.05) is 0 Å². The molecule has 0 aliphatic heterocycles. The van der Waals surface area contributed by atoms with Crippen LogP contribution in [0.5, 0.6) is 17.2 Å². The second-order valence-electron chi connectivity index (χ2n) is 27.3. The van der Waals surface area contributed by atoms with E-state index in [9.17, 15) is 50.8 Å². The number of carbonyl (C=O) groups excluding carboxylic acids is 4. The molecule has 4 aliphatic carbocycles. The number of phenols is 1. The van der Waals surface area contributed by atoms with Crippen LogP contribution in [0.3, 0.4) is 0 Å². The van der Waals surface area contributed by atoms with Gasteiger partial charge >= 0.3 is 34.8 Å². The highest BCUT2D eigenvalue weighted by Crippen LogP contribution is 2.71. The fraction of sp³-hybridized carbons (Fsp3) is 0.548. The van der Waals surface area contributed by atoms with E-state index >= 15 is 0 Å². The van der Waals surface area contributed by atoms with Gasteiger partial charge in [-0.25, -0.2) is 13.2 Å². The Morgan fingerprint density at radius 3 is 1.41 bits per heavy atom. The Labute approximate surface area is 542 Å². The Bertz CT molecular complexity index is 3300. The number of benzene rings is 4. The van der Waals surface area contributed by atoms with Crippen LogP contribution in [0.25, 0.3) is 0 Å². The molecule has 0 radical (unpaired) electrons. The molecule has 4 fully saturated rings. The van der Waals surface area contributed by atoms with Crippen molar-refractivity contribution in [3.05, 3.63) is 143 Å². The van der Waals surface area contributed by atoms with E-state index < -0.39 is 49.3 Å². The van der Waals surface area contributed by atoms with Gasteiger partial charge in [-0.05, 0) is 237 Å². The summed E-state index contributed by atoms with van der Waals surface area (Å²) in [6.45, 7) is 30.0. The van der Waals surface area contributed by atoms with Crippen LogP contribution in [0, 0.1) is 77.9 Å². The number of halogens is 2. The van der Waals surface area contributed by atoms with Crippen LogP contribution >= 0.6 is 0 Å². The molecule has 1 N–H and O–H groups in total. The largest absolute Gasteiger partial charge is 0.743 e. The van der Waals surface area contributed by atoms with Gasteiger partial charge in [0.05, 0.1) is 38.6 Å². The fourth-order valence-corrected chi connectivity index (χ4v) is 14.5. The lowest BCUT2D eigenvalue weighted by molar-refractivity contribution is -0.183. The van der Waals surface area contributed by atoms with Gasteiger partial charge in [0.15, 0.2) is 30.9 Å². The minimum atomic E-state index is -5.86. The molecule has 4 bridgehead atoms. The topological polar surface area (TPSA) is 213 Å². The standard InChI is InChI=1S/C20H32O2.C18H15S.C14H20O3.C12H16O4.C9H16F2O5S/c1-5-19(3,4)18(21)22-20(6-2)11-14-10-15(20)17-13-8-7-12(9-13)16(14)17;1-4-10-16(11-5-1)19(17-12-6-2-7-13-17)18-14-8-3-9-15-18;1-6-14(4,5)13(16)17-11-7-9(2)12(15)10(3)8-11;1-5-12(3,4)11(14)16-9-6-8(2)15-10(13)7-9;1-5-8(3,4)7(12)16-6(2)9(10,11)17(13,14)15/h12-17H,5-11H2,1-4H3;1-15H;7-8,15H,6H2,1-5H3;6-7H,5H2,1-4H3;6H,5H2,1-4H3,(H,13,14,15)/q;+1;;;/p-1. The number of fused-ring (bicyclic) bond motifs is 9. The minimum Gasteiger partial charge on any atom is -0.743 e. The highest BCUT2D eigenvalue weighted by molar-refractivity contribution is 7.97. The van der Waals surface area contributed by atoms with Gasteiger partial charge in [0.2, 0.25) is 0 Å². The lowest BCUT2D eigenvalue weighted by atomic mass is 9.65. The van der Waals surface area contributed by atoms with E-state index in [1.165, 1.54) is 60.3 Å². The molecule has 18 heteroatoms. The van der Waals surface area contributed by atoms with E-state index in [-0.39, 0.29) is 51.3 Å². The van der Waals surface area contributed by atoms with Crippen molar-refractivity contribution in [1.82, 2.24) is 0 Å². The van der Waals surface area contributed by atoms with E-state index in [0.29, 0.717) is 48.3 Å². The predicted octanol–water partition coefficient (Wildman–Crippen LogP) is 16.7. The molecule has 91 heavy (non-hydrogen) atoms. The van der Waals surface area contributed by atoms with E-state index in [1.54, 1.807) is 53.7 Å². The molecule has 0 saturated heterocycles. The Balaban J connectivity index is 0.000000208. The summed E-state index contributed by atoms with van der Waals surface area (Å²) in [5, 5.41) is 5.00. The van der Waals surface area contributed by atoms with Crippen molar-refractivity contribution in [3.63, 3.8) is 0 Å². The number of hydrogen-bond acceptors (Lipinski definition) is 14. The first-order chi connectivity index (χ1) is 42.3. The molecule has 8 atom stereocenters. The highest BCUT2D eigenvalue weighted by atomic mass is 32.2. The van der Waals surface area contributed by atoms with Gasteiger partial charge in [0.1, 0.15) is 28.6 Å². The average Bonchev–Trinajstić information content (AvgIpc) is 1.55. The Kier molecular flexibility index (Phi) is 25.7. The minimum absolute atomic E-state index is 0.0146. The van der Waals surface area contributed by atoms with Gasteiger partial charge in [0.25, 0.3) is 0 Å². The number of alkyl halides is 2. The quantitative estimate of drug-likeness (QED) is 0.0284. The number of esters is 4. The van der Waals surface area contributed by atoms with Gasteiger partial charge in [-0.1, -0.05) is 89.2 Å². The molecule has 0 amide bonds. The fourth-order valence-electron chi connectivity index (χ4n) is 12.0. The first-order valence-corrected chi connectivity index (χ1v) is 34.5. The van der Waals surface area contributed by atoms with Crippen molar-refractivity contribution < 1.29 is 69.4 Å². The second kappa shape index (κ2) is 31.0. The zero-order chi connectivity index (χ0) is 68.2. The zero-order valence-electron chi connectivity index (χ0n) is 56.4. The van der Waals surface area contributed by atoms with Crippen LogP contribution in [0.2, 0.25) is 0 Å². The summed E-state index contributed by atoms with van der Waals surface area (Å²) in [7, 11) is -5.87. The first-order valence-electron chi connectivity index (χ1n) is 31.9. The maximum absolute atomic E-state index is 13.0. The van der Waals surface area contributed by atoms with Crippen LogP contribution in [-0.2, 0) is 49.7 Å². The molecule has 4 saturated carbocycles. The Morgan fingerprint density at radius 1 is 0.615 bits per heavy atom. The summed E-state index contributed by atoms with van der Waals surface area (Å²) in [6, 6.07) is 38.2. The summed E-state index contributed by atoms with van der Waals surface area (Å²) < 4.78 is 82.8. The van der Waals surface area contributed by atoms with Crippen LogP contribution in [-0.4, -0.2) is 58.9 Å². The van der Waals surface area contributed by atoms with Crippen LogP contribution in [0.15, 0.2) is 139 Å². The number of aryl methyl sites for hydroxylation is 3. The second-order valence-corrected chi connectivity index (χ2v) is 30.7. The molecule has 0 spiro atoms. The van der Waals surface area contributed by atoms with Crippen LogP contribution < -0.4 is 15.1 Å². The molecule has 500 valence electrons. The number of phenolic OH excluding ortho intramolecular Hbond substituents is 1. The lowest BCUT2D eigenvalue weighted by Crippen LogP contribution is -2.49. The number of hydrogen-bond donors (Lipinski definition) is 1. The Hall–Kier alpha value is -6.37. The van der Waals surface area contributed by atoms with Crippen molar-refractivity contribution >= 4 is 44.9 Å². The third-order valence-corrected chi connectivity index (χ3v) is 22.5. The van der Waals surface area contributed by atoms with Crippen molar-refractivity contribution in [3.8, 4) is 17.2 Å². The number of ether oxygens (including phenoxy) is 4. The highest BCUT2D eigenvalue weighted by Gasteiger charge is 2.68. The van der Waals surface area contributed by atoms with Crippen molar-refractivity contribution in [2.45, 2.75) is 214 Å². The van der Waals surface area contributed by atoms with Gasteiger partial charge in [-0.2, -0.15) is 8.78 Å². The molecular weight excluding hydrogens is 1200 g/mol. The maximum Gasteiger partial charge on any atom is 0.369 e. The third-order valence-electron chi connectivity index (χ3n) is 19.3. The molecule has 5 aromatic rings. The van der Waals surface area contributed by atoms with Gasteiger partial charge in [-0.3, -0.25) is 19.2 Å². The summed E-state index contributed by atoms with van der Waals surface area (Å²) in [5.74, 6) is 5.23. The summed E-state index contributed by atoms with van der Waals surface area (Å²) in [5.41, 5.74) is -1.61. The molecule has 4 aliphatic rings. The summed E-state index contributed by atoms with van der Waals surface area (Å²) >= 11 is 0. The summed E-state index contributed by atoms with van der Waals surface area (Å²) in [4.78, 5) is 62.9. The van der Waals surface area contributed by atoms with Gasteiger partial charge in [0, 0.05) is 12.0 Å².